The Morgan fingerprint density at radius 1 is 1.10 bits per heavy atom. The third-order valence-corrected chi connectivity index (χ3v) is 12.4. The van der Waals surface area contributed by atoms with Gasteiger partial charge in [-0.15, -0.1) is 5.10 Å². The molecule has 1 N–H and O–H groups in total. The molecule has 15 heteroatoms. The first-order valence-electron chi connectivity index (χ1n) is 16.5. The zero-order chi connectivity index (χ0) is 35.4. The smallest absolute Gasteiger partial charge is 0.269 e. The fourth-order valence-electron chi connectivity index (χ4n) is 7.87. The lowest BCUT2D eigenvalue weighted by Crippen LogP contribution is -2.45. The number of anilines is 3. The van der Waals surface area contributed by atoms with Gasteiger partial charge >= 0.3 is 0 Å². The van der Waals surface area contributed by atoms with Crippen molar-refractivity contribution in [2.45, 2.75) is 63.2 Å². The third-order valence-electron chi connectivity index (χ3n) is 9.97. The van der Waals surface area contributed by atoms with Crippen molar-refractivity contribution in [1.82, 2.24) is 15.0 Å². The maximum Gasteiger partial charge on any atom is 0.269 e. The second-order valence-electron chi connectivity index (χ2n) is 13.5. The van der Waals surface area contributed by atoms with Crippen molar-refractivity contribution in [3.8, 4) is 5.75 Å². The molecule has 1 spiro atoms. The fourth-order valence-corrected chi connectivity index (χ4v) is 10.4. The minimum atomic E-state index is -3.49. The highest BCUT2D eigenvalue weighted by atomic mass is 28.4. The molecule has 260 valence electrons. The summed E-state index contributed by atoms with van der Waals surface area (Å²) >= 11 is 0. The lowest BCUT2D eigenvalue weighted by atomic mass is 9.82. The summed E-state index contributed by atoms with van der Waals surface area (Å²) in [5, 5.41) is 29.4. The number of aryl methyl sites for hydroxylation is 1. The van der Waals surface area contributed by atoms with E-state index in [1.165, 1.54) is 12.1 Å². The molecule has 0 bridgehead atoms. The molecule has 50 heavy (non-hydrogen) atoms. The number of fused-ring (bicyclic) bond motifs is 3. The average molecular weight is 701 g/mol. The van der Waals surface area contributed by atoms with Crippen LogP contribution in [0.2, 0.25) is 18.6 Å². The fraction of sp³-hybridized carbons (Fsp3) is 0.371. The highest BCUT2D eigenvalue weighted by Crippen LogP contribution is 2.60. The van der Waals surface area contributed by atoms with Crippen molar-refractivity contribution in [1.29, 1.82) is 0 Å². The van der Waals surface area contributed by atoms with Crippen LogP contribution in [0.5, 0.6) is 5.75 Å². The molecule has 4 aromatic rings. The van der Waals surface area contributed by atoms with E-state index in [9.17, 15) is 24.8 Å². The van der Waals surface area contributed by atoms with Gasteiger partial charge in [-0.2, -0.15) is 0 Å². The van der Waals surface area contributed by atoms with Crippen molar-refractivity contribution >= 4 is 43.0 Å². The number of aromatic nitrogens is 3. The first kappa shape index (κ1) is 33.5. The molecule has 1 saturated heterocycles. The Hall–Kier alpha value is -4.99. The lowest BCUT2D eigenvalue weighted by molar-refractivity contribution is -0.385. The second kappa shape index (κ2) is 12.7. The number of nitro benzene ring substituents is 1. The molecule has 0 aliphatic carbocycles. The molecule has 1 fully saturated rings. The van der Waals surface area contributed by atoms with Gasteiger partial charge in [0.15, 0.2) is 12.2 Å². The highest BCUT2D eigenvalue weighted by Gasteiger charge is 2.67. The van der Waals surface area contributed by atoms with Crippen LogP contribution in [0.4, 0.5) is 26.9 Å². The third kappa shape index (κ3) is 5.64. The van der Waals surface area contributed by atoms with Crippen molar-refractivity contribution in [3.05, 3.63) is 99.9 Å². The number of carbonyl (C=O) groups is 2. The van der Waals surface area contributed by atoms with Gasteiger partial charge < -0.3 is 23.6 Å². The van der Waals surface area contributed by atoms with Crippen molar-refractivity contribution < 1.29 is 33.2 Å². The molecule has 7 rings (SSSR count). The molecule has 1 aromatic heterocycles. The van der Waals surface area contributed by atoms with Crippen LogP contribution >= 0.6 is 0 Å². The van der Waals surface area contributed by atoms with E-state index in [4.69, 9.17) is 9.47 Å². The van der Waals surface area contributed by atoms with E-state index in [0.717, 1.165) is 0 Å². The molecule has 0 saturated carbocycles. The summed E-state index contributed by atoms with van der Waals surface area (Å²) in [5.41, 5.74) is 0.850. The monoisotopic (exact) mass is 700 g/mol. The number of hydrogen-bond acceptors (Lipinski definition) is 9. The Morgan fingerprint density at radius 3 is 2.66 bits per heavy atom. The molecule has 4 atom stereocenters. The molecule has 0 radical (unpaired) electrons. The van der Waals surface area contributed by atoms with Crippen LogP contribution in [0, 0.1) is 16.0 Å². The normalized spacial score (nSPS) is 22.9. The minimum absolute atomic E-state index is 0.0675. The van der Waals surface area contributed by atoms with Gasteiger partial charge in [0, 0.05) is 60.6 Å². The van der Waals surface area contributed by atoms with Gasteiger partial charge in [0.1, 0.15) is 5.75 Å². The number of non-ortho nitro benzene ring substituents is 1. The lowest BCUT2D eigenvalue weighted by Gasteiger charge is -2.31. The topological polar surface area (TPSA) is 153 Å². The largest absolute Gasteiger partial charge is 0.482 e. The maximum atomic E-state index is 16.3. The predicted molar refractivity (Wildman–Crippen MR) is 183 cm³/mol. The first-order chi connectivity index (χ1) is 23.9. The predicted octanol–water partition coefficient (Wildman–Crippen LogP) is 5.19. The number of halogens is 1. The number of amides is 2. The van der Waals surface area contributed by atoms with Gasteiger partial charge in [-0.25, -0.2) is 0 Å². The number of carbonyl (C=O) groups excluding carboxylic acids is 2. The number of benzene rings is 3. The summed E-state index contributed by atoms with van der Waals surface area (Å²) < 4.78 is 30.3. The number of ether oxygens (including phenoxy) is 2. The van der Waals surface area contributed by atoms with E-state index < -0.39 is 42.4 Å². The summed E-state index contributed by atoms with van der Waals surface area (Å²) in [5.74, 6) is -0.731. The number of rotatable bonds is 10. The van der Waals surface area contributed by atoms with E-state index in [2.05, 4.69) is 10.3 Å². The average Bonchev–Trinajstić information content (AvgIpc) is 3.73. The SMILES string of the molecule is C[C@H]1[C@H]([Si](C)(C)F)[C@@H](CCn2cc(CCO)nn2)O[C@]12C(=O)N(Cc1cccc(N3C(=O)COc4ccccc43)c1)c1ccc([N+](=O)[O-])cc12. The summed E-state index contributed by atoms with van der Waals surface area (Å²) in [6.07, 6.45) is 1.71. The molecule has 0 unspecified atom stereocenters. The van der Waals surface area contributed by atoms with Crippen LogP contribution in [0.3, 0.4) is 0 Å². The van der Waals surface area contributed by atoms with Crippen LogP contribution in [0.15, 0.2) is 72.9 Å². The summed E-state index contributed by atoms with van der Waals surface area (Å²) in [4.78, 5) is 42.5. The number of nitro groups is 1. The van der Waals surface area contributed by atoms with Gasteiger partial charge in [0.05, 0.1) is 34.6 Å². The van der Waals surface area contributed by atoms with Gasteiger partial charge in [-0.1, -0.05) is 36.4 Å². The van der Waals surface area contributed by atoms with E-state index in [1.54, 1.807) is 71.0 Å². The van der Waals surface area contributed by atoms with Crippen LogP contribution in [-0.4, -0.2) is 64.6 Å². The van der Waals surface area contributed by atoms with Gasteiger partial charge in [0.2, 0.25) is 8.41 Å². The Balaban J connectivity index is 1.24. The molecule has 4 heterocycles. The summed E-state index contributed by atoms with van der Waals surface area (Å²) in [6, 6.07) is 18.8. The van der Waals surface area contributed by atoms with Crippen molar-refractivity contribution in [2.24, 2.45) is 5.92 Å². The van der Waals surface area contributed by atoms with Gasteiger partial charge in [-0.05, 0) is 55.4 Å². The summed E-state index contributed by atoms with van der Waals surface area (Å²) in [6.45, 7) is 5.23. The molecule has 13 nitrogen and oxygen atoms in total. The molecular weight excluding hydrogens is 664 g/mol. The number of nitrogens with zero attached hydrogens (tertiary/aromatic N) is 6. The van der Waals surface area contributed by atoms with E-state index in [0.29, 0.717) is 59.0 Å². The second-order valence-corrected chi connectivity index (χ2v) is 17.3. The number of hydrogen-bond donors (Lipinski definition) is 1. The zero-order valence-electron chi connectivity index (χ0n) is 27.9. The minimum Gasteiger partial charge on any atom is -0.482 e. The van der Waals surface area contributed by atoms with Crippen molar-refractivity contribution in [2.75, 3.05) is 23.0 Å². The number of para-hydroxylation sites is 2. The van der Waals surface area contributed by atoms with Crippen LogP contribution < -0.4 is 14.5 Å². The number of aliphatic hydroxyl groups excluding tert-OH is 1. The van der Waals surface area contributed by atoms with E-state index >= 15 is 4.11 Å². The standard InChI is InChI=1S/C35H37FN6O7Si/c1-22-33(50(2,3)36)31(13-15-39-20-24(14-16-43)37-38-39)49-35(22)27-18-26(42(46)47)11-12-28(27)40(34(35)45)19-23-7-6-8-25(17-23)41-29-9-4-5-10-30(29)48-21-32(41)44/h4-12,17-18,20,22,31,33,43H,13-16,19,21H2,1-3H3/t22-,31+,33-,35+/m0/s1. The first-order valence-corrected chi connectivity index (χ1v) is 19.5. The zero-order valence-corrected chi connectivity index (χ0v) is 28.9. The highest BCUT2D eigenvalue weighted by molar-refractivity contribution is 6.72. The quantitative estimate of drug-likeness (QED) is 0.102. The van der Waals surface area contributed by atoms with E-state index in [1.807, 2.05) is 24.3 Å². The van der Waals surface area contributed by atoms with Crippen molar-refractivity contribution in [3.63, 3.8) is 0 Å². The van der Waals surface area contributed by atoms with E-state index in [-0.39, 0.29) is 31.4 Å². The Morgan fingerprint density at radius 2 is 1.90 bits per heavy atom. The Bertz CT molecular complexity index is 1980. The number of aliphatic hydroxyl groups is 1. The van der Waals surface area contributed by atoms with Crippen LogP contribution in [0.25, 0.3) is 0 Å². The maximum absolute atomic E-state index is 16.3. The molecular formula is C35H37FN6O7Si. The van der Waals surface area contributed by atoms with Gasteiger partial charge in [-0.3, -0.25) is 29.3 Å². The summed E-state index contributed by atoms with van der Waals surface area (Å²) in [7, 11) is -3.49. The molecule has 2 amide bonds. The molecule has 3 aliphatic rings. The Kier molecular flexibility index (Phi) is 8.52. The molecule has 3 aromatic carbocycles. The molecule has 3 aliphatic heterocycles. The van der Waals surface area contributed by atoms with Crippen LogP contribution in [-0.2, 0) is 39.4 Å². The van der Waals surface area contributed by atoms with Gasteiger partial charge in [0.25, 0.3) is 17.5 Å². The van der Waals surface area contributed by atoms with Crippen LogP contribution in [0.1, 0.15) is 30.2 Å². The Labute approximate surface area is 288 Å².